The number of aryl methyl sites for hydroxylation is 1. The van der Waals surface area contributed by atoms with Crippen LogP contribution in [0.5, 0.6) is 5.75 Å². The molecule has 0 radical (unpaired) electrons. The second kappa shape index (κ2) is 8.30. The van der Waals surface area contributed by atoms with Crippen molar-refractivity contribution in [3.63, 3.8) is 0 Å². The molecule has 4 rings (SSSR count). The van der Waals surface area contributed by atoms with Crippen LogP contribution in [0.1, 0.15) is 4.88 Å². The van der Waals surface area contributed by atoms with Crippen LogP contribution in [-0.2, 0) is 4.79 Å². The van der Waals surface area contributed by atoms with Crippen molar-refractivity contribution in [2.45, 2.75) is 11.3 Å². The smallest absolute Gasteiger partial charge is 0.236 e. The lowest BCUT2D eigenvalue weighted by Gasteiger charge is -2.02. The monoisotopic (exact) mass is 427 g/mol. The Balaban J connectivity index is 1.40. The van der Waals surface area contributed by atoms with Crippen molar-refractivity contribution in [3.8, 4) is 17.0 Å². The molecule has 4 aromatic rings. The third kappa shape index (κ3) is 4.19. The van der Waals surface area contributed by atoms with E-state index in [1.165, 1.54) is 23.1 Å². The second-order valence-corrected chi connectivity index (χ2v) is 9.39. The Hall–Kier alpha value is -2.42. The number of benzene rings is 2. The number of aromatic nitrogens is 2. The van der Waals surface area contributed by atoms with Gasteiger partial charge in [-0.1, -0.05) is 23.9 Å². The average molecular weight is 428 g/mol. The molecule has 0 saturated heterocycles. The molecule has 28 heavy (non-hydrogen) atoms. The number of thiazole rings is 2. The number of hydrogen-bond donors (Lipinski definition) is 1. The van der Waals surface area contributed by atoms with E-state index in [9.17, 15) is 4.79 Å². The molecule has 0 saturated carbocycles. The number of rotatable bonds is 6. The molecule has 0 bridgehead atoms. The third-order valence-electron chi connectivity index (χ3n) is 4.01. The lowest BCUT2D eigenvalue weighted by molar-refractivity contribution is -0.113. The average Bonchev–Trinajstić information content (AvgIpc) is 3.29. The van der Waals surface area contributed by atoms with Crippen molar-refractivity contribution in [2.24, 2.45) is 0 Å². The van der Waals surface area contributed by atoms with Gasteiger partial charge in [0.15, 0.2) is 9.47 Å². The van der Waals surface area contributed by atoms with Crippen LogP contribution in [0.2, 0.25) is 0 Å². The molecule has 8 heteroatoms. The van der Waals surface area contributed by atoms with Gasteiger partial charge in [-0.05, 0) is 43.3 Å². The molecule has 0 fully saturated rings. The SMILES string of the molecule is COc1ccc(-c2nc(NC(=O)CSc3nc4ccccc4s3)sc2C)cc1. The first-order chi connectivity index (χ1) is 13.6. The molecule has 0 aliphatic carbocycles. The number of ether oxygens (including phenoxy) is 1. The van der Waals surface area contributed by atoms with Crippen LogP contribution in [0.3, 0.4) is 0 Å². The summed E-state index contributed by atoms with van der Waals surface area (Å²) in [4.78, 5) is 22.5. The fourth-order valence-electron chi connectivity index (χ4n) is 2.66. The van der Waals surface area contributed by atoms with Crippen molar-refractivity contribution >= 4 is 55.7 Å². The van der Waals surface area contributed by atoms with Crippen molar-refractivity contribution in [3.05, 3.63) is 53.4 Å². The van der Waals surface area contributed by atoms with Crippen LogP contribution in [0.15, 0.2) is 52.9 Å². The van der Waals surface area contributed by atoms with E-state index >= 15 is 0 Å². The van der Waals surface area contributed by atoms with E-state index in [0.29, 0.717) is 10.9 Å². The van der Waals surface area contributed by atoms with E-state index in [0.717, 1.165) is 36.4 Å². The molecule has 1 amide bonds. The van der Waals surface area contributed by atoms with Crippen molar-refractivity contribution < 1.29 is 9.53 Å². The van der Waals surface area contributed by atoms with E-state index in [2.05, 4.69) is 15.3 Å². The summed E-state index contributed by atoms with van der Waals surface area (Å²) in [6, 6.07) is 15.7. The van der Waals surface area contributed by atoms with E-state index in [4.69, 9.17) is 4.74 Å². The van der Waals surface area contributed by atoms with Crippen molar-refractivity contribution in [2.75, 3.05) is 18.2 Å². The number of thioether (sulfide) groups is 1. The van der Waals surface area contributed by atoms with Gasteiger partial charge in [0.1, 0.15) is 5.75 Å². The highest BCUT2D eigenvalue weighted by Gasteiger charge is 2.13. The number of methoxy groups -OCH3 is 1. The molecule has 0 aliphatic heterocycles. The van der Waals surface area contributed by atoms with Gasteiger partial charge in [0.25, 0.3) is 0 Å². The summed E-state index contributed by atoms with van der Waals surface area (Å²) in [7, 11) is 1.64. The standard InChI is InChI=1S/C20H17N3O2S3/c1-12-18(13-7-9-14(25-2)10-8-13)23-19(27-12)22-17(24)11-26-20-21-15-5-3-4-6-16(15)28-20/h3-10H,11H2,1-2H3,(H,22,23,24). The summed E-state index contributed by atoms with van der Waals surface area (Å²) in [6.07, 6.45) is 0. The fraction of sp³-hybridized carbons (Fsp3) is 0.150. The quantitative estimate of drug-likeness (QED) is 0.414. The number of carbonyl (C=O) groups is 1. The minimum Gasteiger partial charge on any atom is -0.497 e. The maximum absolute atomic E-state index is 12.3. The zero-order valence-corrected chi connectivity index (χ0v) is 17.7. The molecule has 2 heterocycles. The third-order valence-corrected chi connectivity index (χ3v) is 7.07. The van der Waals surface area contributed by atoms with Crippen LogP contribution >= 0.6 is 34.4 Å². The zero-order valence-electron chi connectivity index (χ0n) is 15.3. The number of fused-ring (bicyclic) bond motifs is 1. The maximum atomic E-state index is 12.3. The summed E-state index contributed by atoms with van der Waals surface area (Å²) < 4.78 is 7.22. The Kier molecular flexibility index (Phi) is 5.61. The predicted molar refractivity (Wildman–Crippen MR) is 118 cm³/mol. The number of para-hydroxylation sites is 1. The lowest BCUT2D eigenvalue weighted by atomic mass is 10.1. The number of anilines is 1. The summed E-state index contributed by atoms with van der Waals surface area (Å²) in [5.41, 5.74) is 2.84. The van der Waals surface area contributed by atoms with E-state index in [1.807, 2.05) is 55.5 Å². The Morgan fingerprint density at radius 3 is 2.64 bits per heavy atom. The molecular formula is C20H17N3O2S3. The number of amides is 1. The minimum atomic E-state index is -0.0840. The molecule has 5 nitrogen and oxygen atoms in total. The Bertz CT molecular complexity index is 1090. The highest BCUT2D eigenvalue weighted by Crippen LogP contribution is 2.32. The maximum Gasteiger partial charge on any atom is 0.236 e. The van der Waals surface area contributed by atoms with Crippen molar-refractivity contribution in [1.82, 2.24) is 9.97 Å². The predicted octanol–water partition coefficient (Wildman–Crippen LogP) is 5.47. The van der Waals surface area contributed by atoms with Gasteiger partial charge >= 0.3 is 0 Å². The first-order valence-corrected chi connectivity index (χ1v) is 11.1. The Morgan fingerprint density at radius 2 is 1.89 bits per heavy atom. The number of nitrogens with one attached hydrogen (secondary N) is 1. The molecule has 142 valence electrons. The lowest BCUT2D eigenvalue weighted by Crippen LogP contribution is -2.13. The summed E-state index contributed by atoms with van der Waals surface area (Å²) >= 11 is 4.52. The van der Waals surface area contributed by atoms with Gasteiger partial charge in [0.05, 0.1) is 28.8 Å². The van der Waals surface area contributed by atoms with Crippen molar-refractivity contribution in [1.29, 1.82) is 0 Å². The summed E-state index contributed by atoms with van der Waals surface area (Å²) in [5, 5.41) is 3.51. The van der Waals surface area contributed by atoms with Gasteiger partial charge in [-0.15, -0.1) is 22.7 Å². The van der Waals surface area contributed by atoms with E-state index in [-0.39, 0.29) is 5.91 Å². The zero-order chi connectivity index (χ0) is 19.5. The van der Waals surface area contributed by atoms with Gasteiger partial charge in [0.2, 0.25) is 5.91 Å². The molecule has 1 N–H and O–H groups in total. The Morgan fingerprint density at radius 1 is 1.11 bits per heavy atom. The van der Waals surface area contributed by atoms with Crippen LogP contribution in [0.25, 0.3) is 21.5 Å². The van der Waals surface area contributed by atoms with E-state index in [1.54, 1.807) is 18.4 Å². The van der Waals surface area contributed by atoms with Gasteiger partial charge in [-0.3, -0.25) is 4.79 Å². The number of nitrogens with zero attached hydrogens (tertiary/aromatic N) is 2. The largest absolute Gasteiger partial charge is 0.497 e. The summed E-state index contributed by atoms with van der Waals surface area (Å²) in [6.45, 7) is 2.00. The number of hydrogen-bond acceptors (Lipinski definition) is 7. The highest BCUT2D eigenvalue weighted by molar-refractivity contribution is 8.01. The Labute approximate surface area is 174 Å². The van der Waals surface area contributed by atoms with Crippen LogP contribution in [0.4, 0.5) is 5.13 Å². The summed E-state index contributed by atoms with van der Waals surface area (Å²) in [5.74, 6) is 1.02. The van der Waals surface area contributed by atoms with Gasteiger partial charge in [0, 0.05) is 10.4 Å². The van der Waals surface area contributed by atoms with Gasteiger partial charge in [-0.25, -0.2) is 9.97 Å². The molecule has 2 aromatic heterocycles. The van der Waals surface area contributed by atoms with Crippen LogP contribution < -0.4 is 10.1 Å². The number of carbonyl (C=O) groups excluding carboxylic acids is 1. The molecule has 0 aliphatic rings. The molecule has 0 unspecified atom stereocenters. The molecule has 0 spiro atoms. The van der Waals surface area contributed by atoms with Crippen LogP contribution in [-0.4, -0.2) is 28.7 Å². The molecule has 0 atom stereocenters. The molecular weight excluding hydrogens is 410 g/mol. The van der Waals surface area contributed by atoms with Gasteiger partial charge < -0.3 is 10.1 Å². The first kappa shape index (κ1) is 18.9. The second-order valence-electron chi connectivity index (χ2n) is 5.94. The minimum absolute atomic E-state index is 0.0840. The van der Waals surface area contributed by atoms with E-state index < -0.39 is 0 Å². The molecule has 2 aromatic carbocycles. The van der Waals surface area contributed by atoms with Gasteiger partial charge in [-0.2, -0.15) is 0 Å². The topological polar surface area (TPSA) is 64.1 Å². The first-order valence-electron chi connectivity index (χ1n) is 8.52. The normalized spacial score (nSPS) is 10.9. The fourth-order valence-corrected chi connectivity index (χ4v) is 5.38. The highest BCUT2D eigenvalue weighted by atomic mass is 32.2. The van der Waals surface area contributed by atoms with Crippen LogP contribution in [0, 0.1) is 6.92 Å².